The second-order valence-corrected chi connectivity index (χ2v) is 5.48. The largest absolute Gasteiger partial charge is 0.353 e. The first-order chi connectivity index (χ1) is 9.65. The van der Waals surface area contributed by atoms with Crippen molar-refractivity contribution in [1.29, 1.82) is 5.26 Å². The second-order valence-electron chi connectivity index (χ2n) is 5.48. The lowest BCUT2D eigenvalue weighted by Crippen LogP contribution is -2.67. The molecule has 0 radical (unpaired) electrons. The van der Waals surface area contributed by atoms with Crippen molar-refractivity contribution in [2.75, 3.05) is 13.1 Å². The summed E-state index contributed by atoms with van der Waals surface area (Å²) in [4.78, 5) is 14.2. The van der Waals surface area contributed by atoms with Crippen LogP contribution >= 0.6 is 0 Å². The highest BCUT2D eigenvalue weighted by Gasteiger charge is 2.50. The monoisotopic (exact) mass is 273 g/mol. The SMILES string of the molecule is N#Cc1ccc(CN2CCNC(=O)C23CCC3)c(F)c1. The fourth-order valence-electron chi connectivity index (χ4n) is 3.06. The first-order valence-corrected chi connectivity index (χ1v) is 6.88. The van der Waals surface area contributed by atoms with Crippen LogP contribution in [0.3, 0.4) is 0 Å². The molecular formula is C15H16FN3O. The van der Waals surface area contributed by atoms with E-state index in [1.807, 2.05) is 6.07 Å². The van der Waals surface area contributed by atoms with E-state index in [2.05, 4.69) is 10.2 Å². The molecule has 0 atom stereocenters. The summed E-state index contributed by atoms with van der Waals surface area (Å²) in [7, 11) is 0. The maximum absolute atomic E-state index is 14.0. The zero-order chi connectivity index (χ0) is 14.2. The topological polar surface area (TPSA) is 56.1 Å². The smallest absolute Gasteiger partial charge is 0.240 e. The van der Waals surface area contributed by atoms with E-state index in [4.69, 9.17) is 5.26 Å². The quantitative estimate of drug-likeness (QED) is 0.889. The Kier molecular flexibility index (Phi) is 3.19. The minimum atomic E-state index is -0.432. The van der Waals surface area contributed by atoms with Crippen LogP contribution in [0.15, 0.2) is 18.2 Å². The van der Waals surface area contributed by atoms with E-state index in [0.29, 0.717) is 24.2 Å². The van der Waals surface area contributed by atoms with Crippen molar-refractivity contribution in [3.63, 3.8) is 0 Å². The van der Waals surface area contributed by atoms with Gasteiger partial charge in [-0.15, -0.1) is 0 Å². The summed E-state index contributed by atoms with van der Waals surface area (Å²) in [5.74, 6) is -0.298. The first-order valence-electron chi connectivity index (χ1n) is 6.88. The van der Waals surface area contributed by atoms with E-state index in [0.717, 1.165) is 25.8 Å². The van der Waals surface area contributed by atoms with Gasteiger partial charge >= 0.3 is 0 Å². The van der Waals surface area contributed by atoms with Gasteiger partial charge in [-0.05, 0) is 31.4 Å². The molecule has 1 aliphatic heterocycles. The van der Waals surface area contributed by atoms with Gasteiger partial charge in [0, 0.05) is 25.2 Å². The zero-order valence-corrected chi connectivity index (χ0v) is 11.2. The van der Waals surface area contributed by atoms with Gasteiger partial charge in [0.05, 0.1) is 11.6 Å². The summed E-state index contributed by atoms with van der Waals surface area (Å²) < 4.78 is 14.0. The molecule has 1 aliphatic carbocycles. The molecule has 0 bridgehead atoms. The number of nitrogens with zero attached hydrogens (tertiary/aromatic N) is 2. The van der Waals surface area contributed by atoms with Crippen molar-refractivity contribution in [2.45, 2.75) is 31.3 Å². The van der Waals surface area contributed by atoms with Crippen LogP contribution in [0, 0.1) is 17.1 Å². The van der Waals surface area contributed by atoms with E-state index in [9.17, 15) is 9.18 Å². The standard InChI is InChI=1S/C15H16FN3O/c16-13-8-11(9-17)2-3-12(13)10-19-7-6-18-14(20)15(19)4-1-5-15/h2-3,8H,1,4-7,10H2,(H,18,20). The minimum Gasteiger partial charge on any atom is -0.353 e. The van der Waals surface area contributed by atoms with Gasteiger partial charge in [-0.25, -0.2) is 4.39 Å². The number of amides is 1. The third-order valence-corrected chi connectivity index (χ3v) is 4.42. The Bertz CT molecular complexity index is 589. The Hall–Kier alpha value is -1.93. The van der Waals surface area contributed by atoms with Gasteiger partial charge in [0.2, 0.25) is 5.91 Å². The average molecular weight is 273 g/mol. The van der Waals surface area contributed by atoms with Crippen molar-refractivity contribution in [3.8, 4) is 6.07 Å². The molecule has 1 heterocycles. The van der Waals surface area contributed by atoms with Gasteiger partial charge < -0.3 is 5.32 Å². The van der Waals surface area contributed by atoms with Crippen LogP contribution in [-0.4, -0.2) is 29.4 Å². The molecule has 4 nitrogen and oxygen atoms in total. The molecule has 104 valence electrons. The van der Waals surface area contributed by atoms with Crippen LogP contribution < -0.4 is 5.32 Å². The number of hydrogen-bond donors (Lipinski definition) is 1. The Balaban J connectivity index is 1.83. The third-order valence-electron chi connectivity index (χ3n) is 4.42. The molecule has 1 amide bonds. The van der Waals surface area contributed by atoms with E-state index in [1.54, 1.807) is 12.1 Å². The Morgan fingerprint density at radius 3 is 2.85 bits per heavy atom. The highest BCUT2D eigenvalue weighted by molar-refractivity contribution is 5.88. The van der Waals surface area contributed by atoms with Gasteiger partial charge in [0.15, 0.2) is 0 Å². The Morgan fingerprint density at radius 1 is 1.45 bits per heavy atom. The van der Waals surface area contributed by atoms with Crippen LogP contribution in [0.5, 0.6) is 0 Å². The molecule has 1 saturated heterocycles. The molecule has 1 saturated carbocycles. The summed E-state index contributed by atoms with van der Waals surface area (Å²) >= 11 is 0. The number of halogens is 1. The van der Waals surface area contributed by atoms with E-state index in [1.165, 1.54) is 6.07 Å². The second kappa shape index (κ2) is 4.88. The molecule has 1 aromatic carbocycles. The summed E-state index contributed by atoms with van der Waals surface area (Å²) in [6.45, 7) is 1.77. The van der Waals surface area contributed by atoms with Crippen LogP contribution in [0.2, 0.25) is 0 Å². The molecule has 3 rings (SSSR count). The molecule has 1 aromatic rings. The molecule has 2 aliphatic rings. The normalized spacial score (nSPS) is 21.1. The van der Waals surface area contributed by atoms with Gasteiger partial charge in [0.25, 0.3) is 0 Å². The number of rotatable bonds is 2. The van der Waals surface area contributed by atoms with Gasteiger partial charge in [-0.2, -0.15) is 5.26 Å². The summed E-state index contributed by atoms with van der Waals surface area (Å²) in [6, 6.07) is 6.45. The van der Waals surface area contributed by atoms with Gasteiger partial charge in [-0.3, -0.25) is 9.69 Å². The van der Waals surface area contributed by atoms with Crippen molar-refractivity contribution in [3.05, 3.63) is 35.1 Å². The minimum absolute atomic E-state index is 0.0732. The number of benzene rings is 1. The zero-order valence-electron chi connectivity index (χ0n) is 11.2. The van der Waals surface area contributed by atoms with Crippen molar-refractivity contribution < 1.29 is 9.18 Å². The molecule has 5 heteroatoms. The lowest BCUT2D eigenvalue weighted by atomic mass is 9.73. The van der Waals surface area contributed by atoms with Crippen LogP contribution in [0.1, 0.15) is 30.4 Å². The lowest BCUT2D eigenvalue weighted by Gasteiger charge is -2.51. The summed E-state index contributed by atoms with van der Waals surface area (Å²) in [5, 5.41) is 11.7. The first kappa shape index (κ1) is 13.1. The van der Waals surface area contributed by atoms with Crippen molar-refractivity contribution in [1.82, 2.24) is 10.2 Å². The number of carbonyl (C=O) groups excluding carboxylic acids is 1. The van der Waals surface area contributed by atoms with E-state index in [-0.39, 0.29) is 11.7 Å². The van der Waals surface area contributed by atoms with Crippen molar-refractivity contribution in [2.24, 2.45) is 0 Å². The Morgan fingerprint density at radius 2 is 2.25 bits per heavy atom. The molecule has 20 heavy (non-hydrogen) atoms. The van der Waals surface area contributed by atoms with Crippen LogP contribution in [-0.2, 0) is 11.3 Å². The van der Waals surface area contributed by atoms with Gasteiger partial charge in [-0.1, -0.05) is 6.07 Å². The van der Waals surface area contributed by atoms with E-state index < -0.39 is 5.54 Å². The maximum atomic E-state index is 14.0. The summed E-state index contributed by atoms with van der Waals surface area (Å²) in [5.41, 5.74) is 0.435. The number of nitriles is 1. The molecule has 0 unspecified atom stereocenters. The molecule has 1 spiro atoms. The van der Waals surface area contributed by atoms with Gasteiger partial charge in [0.1, 0.15) is 11.4 Å². The molecular weight excluding hydrogens is 257 g/mol. The predicted molar refractivity (Wildman–Crippen MR) is 71.1 cm³/mol. The predicted octanol–water partition coefficient (Wildman–Crippen LogP) is 1.55. The third kappa shape index (κ3) is 1.97. The highest BCUT2D eigenvalue weighted by atomic mass is 19.1. The average Bonchev–Trinajstić information content (AvgIpc) is 2.39. The fourth-order valence-corrected chi connectivity index (χ4v) is 3.06. The van der Waals surface area contributed by atoms with Crippen LogP contribution in [0.4, 0.5) is 4.39 Å². The highest BCUT2D eigenvalue weighted by Crippen LogP contribution is 2.40. The summed E-state index contributed by atoms with van der Waals surface area (Å²) in [6.07, 6.45) is 2.73. The molecule has 2 fully saturated rings. The molecule has 0 aromatic heterocycles. The van der Waals surface area contributed by atoms with E-state index >= 15 is 0 Å². The van der Waals surface area contributed by atoms with Crippen molar-refractivity contribution >= 4 is 5.91 Å². The Labute approximate surface area is 117 Å². The number of piperazine rings is 1. The van der Waals surface area contributed by atoms with Crippen LogP contribution in [0.25, 0.3) is 0 Å². The maximum Gasteiger partial charge on any atom is 0.240 e. The fraction of sp³-hybridized carbons (Fsp3) is 0.467. The molecule has 1 N–H and O–H groups in total. The lowest BCUT2D eigenvalue weighted by molar-refractivity contribution is -0.145. The number of hydrogen-bond acceptors (Lipinski definition) is 3. The number of nitrogens with one attached hydrogen (secondary N) is 1. The number of carbonyl (C=O) groups is 1.